The van der Waals surface area contributed by atoms with E-state index in [1.807, 2.05) is 57.1 Å². The number of fused-ring (bicyclic) bond motifs is 2. The number of imide groups is 1. The van der Waals surface area contributed by atoms with Crippen molar-refractivity contribution in [1.82, 2.24) is 5.32 Å². The lowest BCUT2D eigenvalue weighted by Crippen LogP contribution is -2.61. The Labute approximate surface area is 150 Å². The van der Waals surface area contributed by atoms with Crippen LogP contribution in [0.25, 0.3) is 0 Å². The minimum atomic E-state index is -0.529. The van der Waals surface area contributed by atoms with E-state index >= 15 is 0 Å². The van der Waals surface area contributed by atoms with Crippen molar-refractivity contribution in [3.63, 3.8) is 0 Å². The Morgan fingerprint density at radius 1 is 0.920 bits per heavy atom. The molecule has 1 N–H and O–H groups in total. The molecule has 1 heterocycles. The first kappa shape index (κ1) is 17.5. The Morgan fingerprint density at radius 3 is 1.92 bits per heavy atom. The smallest absolute Gasteiger partial charge is 0.232 e. The molecule has 4 nitrogen and oxygen atoms in total. The number of piperidine rings is 1. The van der Waals surface area contributed by atoms with E-state index in [1.54, 1.807) is 0 Å². The largest absolute Gasteiger partial charge is 0.378 e. The minimum absolute atomic E-state index is 0.155. The molecule has 2 amide bonds. The second-order valence-corrected chi connectivity index (χ2v) is 8.69. The molecular weight excluding hydrogens is 312 g/mol. The van der Waals surface area contributed by atoms with Crippen molar-refractivity contribution in [3.8, 4) is 11.8 Å². The molecule has 0 spiro atoms. The molecule has 1 saturated carbocycles. The summed E-state index contributed by atoms with van der Waals surface area (Å²) in [4.78, 5) is 26.8. The molecule has 2 aliphatic rings. The summed E-state index contributed by atoms with van der Waals surface area (Å²) in [7, 11) is 4.01. The van der Waals surface area contributed by atoms with Crippen molar-refractivity contribution in [2.24, 2.45) is 16.2 Å². The van der Waals surface area contributed by atoms with Crippen molar-refractivity contribution >= 4 is 17.5 Å². The number of benzene rings is 1. The lowest BCUT2D eigenvalue weighted by atomic mass is 9.52. The number of anilines is 1. The highest BCUT2D eigenvalue weighted by Crippen LogP contribution is 2.56. The monoisotopic (exact) mass is 338 g/mol. The first-order valence-electron chi connectivity index (χ1n) is 8.72. The molecular formula is C21H26N2O2. The second kappa shape index (κ2) is 5.62. The molecule has 2 atom stereocenters. The molecule has 0 radical (unpaired) electrons. The number of carbonyl (C=O) groups excluding carboxylic acids is 2. The van der Waals surface area contributed by atoms with Crippen LogP contribution in [0.4, 0.5) is 5.69 Å². The third-order valence-electron chi connectivity index (χ3n) is 5.56. The Hall–Kier alpha value is -2.28. The predicted molar refractivity (Wildman–Crippen MR) is 99.0 cm³/mol. The highest BCUT2D eigenvalue weighted by molar-refractivity contribution is 6.03. The Kier molecular flexibility index (Phi) is 3.95. The van der Waals surface area contributed by atoms with Crippen LogP contribution in [0.3, 0.4) is 0 Å². The van der Waals surface area contributed by atoms with Crippen molar-refractivity contribution < 1.29 is 9.59 Å². The molecule has 1 saturated heterocycles. The molecule has 0 aromatic heterocycles. The van der Waals surface area contributed by atoms with Gasteiger partial charge in [0.2, 0.25) is 11.8 Å². The zero-order chi connectivity index (χ0) is 18.5. The van der Waals surface area contributed by atoms with Crippen LogP contribution >= 0.6 is 0 Å². The fraction of sp³-hybridized carbons (Fsp3) is 0.524. The molecule has 4 heteroatoms. The SMILES string of the molecule is CN(C)c1ccc(C#CC2(C)CC3(C)CC(C)(C2)C(=O)NC3=O)cc1. The number of hydrogen-bond donors (Lipinski definition) is 1. The average molecular weight is 338 g/mol. The van der Waals surface area contributed by atoms with E-state index in [0.29, 0.717) is 19.3 Å². The third kappa shape index (κ3) is 3.16. The minimum Gasteiger partial charge on any atom is -0.378 e. The number of rotatable bonds is 1. The van der Waals surface area contributed by atoms with Crippen LogP contribution in [0.2, 0.25) is 0 Å². The van der Waals surface area contributed by atoms with Crippen LogP contribution in [0.1, 0.15) is 45.6 Å². The van der Waals surface area contributed by atoms with Gasteiger partial charge >= 0.3 is 0 Å². The fourth-order valence-corrected chi connectivity index (χ4v) is 4.65. The van der Waals surface area contributed by atoms with E-state index in [-0.39, 0.29) is 17.2 Å². The topological polar surface area (TPSA) is 49.4 Å². The van der Waals surface area contributed by atoms with Gasteiger partial charge in [0.05, 0.1) is 0 Å². The van der Waals surface area contributed by atoms with Gasteiger partial charge in [-0.05, 0) is 50.5 Å². The molecule has 2 bridgehead atoms. The van der Waals surface area contributed by atoms with Crippen molar-refractivity contribution in [1.29, 1.82) is 0 Å². The van der Waals surface area contributed by atoms with Gasteiger partial charge in [0.25, 0.3) is 0 Å². The first-order chi connectivity index (χ1) is 11.6. The van der Waals surface area contributed by atoms with E-state index < -0.39 is 10.8 Å². The van der Waals surface area contributed by atoms with Gasteiger partial charge in [-0.1, -0.05) is 25.7 Å². The molecule has 3 rings (SSSR count). The highest BCUT2D eigenvalue weighted by Gasteiger charge is 2.58. The zero-order valence-corrected chi connectivity index (χ0v) is 15.7. The maximum absolute atomic E-state index is 12.4. The number of nitrogens with zero attached hydrogens (tertiary/aromatic N) is 1. The van der Waals surface area contributed by atoms with Gasteiger partial charge in [0.1, 0.15) is 0 Å². The summed E-state index contributed by atoms with van der Waals surface area (Å²) in [6, 6.07) is 8.11. The normalized spacial score (nSPS) is 34.0. The summed E-state index contributed by atoms with van der Waals surface area (Å²) in [6.07, 6.45) is 1.97. The van der Waals surface area contributed by atoms with Crippen molar-refractivity contribution in [2.45, 2.75) is 40.0 Å². The quantitative estimate of drug-likeness (QED) is 0.633. The van der Waals surface area contributed by atoms with Gasteiger partial charge in [-0.3, -0.25) is 14.9 Å². The Morgan fingerprint density at radius 2 is 1.44 bits per heavy atom. The lowest BCUT2D eigenvalue weighted by molar-refractivity contribution is -0.158. The molecule has 1 aromatic rings. The maximum atomic E-state index is 12.4. The molecule has 2 unspecified atom stereocenters. The lowest BCUT2D eigenvalue weighted by Gasteiger charge is -2.52. The van der Waals surface area contributed by atoms with E-state index in [2.05, 4.69) is 24.1 Å². The van der Waals surface area contributed by atoms with Crippen LogP contribution in [0.5, 0.6) is 0 Å². The summed E-state index contributed by atoms with van der Waals surface area (Å²) in [6.45, 7) is 5.99. The van der Waals surface area contributed by atoms with Gasteiger partial charge in [-0.2, -0.15) is 0 Å². The molecule has 2 fully saturated rings. The molecule has 1 aromatic carbocycles. The van der Waals surface area contributed by atoms with Crippen LogP contribution in [-0.2, 0) is 9.59 Å². The highest BCUT2D eigenvalue weighted by atomic mass is 16.2. The number of carbonyl (C=O) groups is 2. The standard InChI is InChI=1S/C21H26N2O2/c1-19(11-10-15-6-8-16(9-7-15)23(4)5)12-20(2)14-21(3,13-19)18(25)22-17(20)24/h6-9H,12-14H2,1-5H3,(H,22,24,25). The summed E-state index contributed by atoms with van der Waals surface area (Å²) in [5.74, 6) is 6.34. The van der Waals surface area contributed by atoms with Crippen molar-refractivity contribution in [3.05, 3.63) is 29.8 Å². The summed E-state index contributed by atoms with van der Waals surface area (Å²) in [5.41, 5.74) is 0.674. The second-order valence-electron chi connectivity index (χ2n) is 8.69. The van der Waals surface area contributed by atoms with E-state index in [1.165, 1.54) is 0 Å². The average Bonchev–Trinajstić information content (AvgIpc) is 2.51. The molecule has 1 aliphatic heterocycles. The summed E-state index contributed by atoms with van der Waals surface area (Å²) >= 11 is 0. The van der Waals surface area contributed by atoms with E-state index in [9.17, 15) is 9.59 Å². The van der Waals surface area contributed by atoms with Crippen LogP contribution in [0.15, 0.2) is 24.3 Å². The van der Waals surface area contributed by atoms with Gasteiger partial charge in [-0.15, -0.1) is 0 Å². The molecule has 132 valence electrons. The predicted octanol–water partition coefficient (Wildman–Crippen LogP) is 2.96. The number of nitrogens with one attached hydrogen (secondary N) is 1. The van der Waals surface area contributed by atoms with Crippen LogP contribution in [0, 0.1) is 28.1 Å². The number of hydrogen-bond acceptors (Lipinski definition) is 3. The van der Waals surface area contributed by atoms with E-state index in [4.69, 9.17) is 0 Å². The van der Waals surface area contributed by atoms with Crippen LogP contribution in [-0.4, -0.2) is 25.9 Å². The Bertz CT molecular complexity index is 756. The van der Waals surface area contributed by atoms with Crippen LogP contribution < -0.4 is 10.2 Å². The summed E-state index contributed by atoms with van der Waals surface area (Å²) < 4.78 is 0. The first-order valence-corrected chi connectivity index (χ1v) is 8.72. The number of amides is 2. The van der Waals surface area contributed by atoms with Gasteiger partial charge in [0, 0.05) is 41.6 Å². The maximum Gasteiger partial charge on any atom is 0.232 e. The van der Waals surface area contributed by atoms with Gasteiger partial charge in [-0.25, -0.2) is 0 Å². The van der Waals surface area contributed by atoms with E-state index in [0.717, 1.165) is 11.3 Å². The third-order valence-corrected chi connectivity index (χ3v) is 5.56. The van der Waals surface area contributed by atoms with Gasteiger partial charge in [0.15, 0.2) is 0 Å². The summed E-state index contributed by atoms with van der Waals surface area (Å²) in [5, 5.41) is 2.56. The van der Waals surface area contributed by atoms with Crippen molar-refractivity contribution in [2.75, 3.05) is 19.0 Å². The molecule has 25 heavy (non-hydrogen) atoms. The fourth-order valence-electron chi connectivity index (χ4n) is 4.65. The Balaban J connectivity index is 1.90. The zero-order valence-electron chi connectivity index (χ0n) is 15.7. The van der Waals surface area contributed by atoms with Gasteiger partial charge < -0.3 is 4.90 Å². The molecule has 1 aliphatic carbocycles.